The number of unbranched alkanes of at least 4 members (excludes halogenated alkanes) is 16. The molecule has 0 saturated carbocycles. The SMILES string of the molecule is CCCCCCCCCCCCCC[C@@H](O)[C@@H](O)[C@H](CO[C@H]1O[C@H](CO)[C@H](O)[C@H](O)[C@H]1O)NC(=O)CCCCCCCCC(O)C(O)c1ccc(F)c(F)c1. The molecule has 2 rings (SSSR count). The molecule has 0 bridgehead atoms. The number of ether oxygens (including phenoxy) is 2. The molecular weight excluding hydrogens is 720 g/mol. The molecule has 1 heterocycles. The number of halogens is 2. The van der Waals surface area contributed by atoms with Crippen LogP contribution in [0.2, 0.25) is 0 Å². The first kappa shape index (κ1) is 49.3. The van der Waals surface area contributed by atoms with Crippen molar-refractivity contribution in [2.24, 2.45) is 0 Å². The fraction of sp³-hybridized carbons (Fsp3) is 0.829. The smallest absolute Gasteiger partial charge is 0.220 e. The van der Waals surface area contributed by atoms with E-state index in [0.29, 0.717) is 25.7 Å². The van der Waals surface area contributed by atoms with Crippen LogP contribution in [0.5, 0.6) is 0 Å². The Kier molecular flexibility index (Phi) is 25.6. The molecule has 0 aromatic heterocycles. The third-order valence-electron chi connectivity index (χ3n) is 10.6. The molecule has 1 aliphatic heterocycles. The summed E-state index contributed by atoms with van der Waals surface area (Å²) in [5, 5.41) is 85.3. The Morgan fingerprint density at radius 2 is 1.25 bits per heavy atom. The van der Waals surface area contributed by atoms with Gasteiger partial charge < -0.3 is 55.6 Å². The molecule has 1 fully saturated rings. The zero-order valence-corrected chi connectivity index (χ0v) is 32.8. The third-order valence-corrected chi connectivity index (χ3v) is 10.6. The fourth-order valence-corrected chi connectivity index (χ4v) is 6.96. The Morgan fingerprint density at radius 3 is 1.80 bits per heavy atom. The van der Waals surface area contributed by atoms with E-state index in [4.69, 9.17) is 9.47 Å². The van der Waals surface area contributed by atoms with Crippen molar-refractivity contribution >= 4 is 5.91 Å². The topological polar surface area (TPSA) is 209 Å². The molecule has 9 N–H and O–H groups in total. The van der Waals surface area contributed by atoms with E-state index in [0.717, 1.165) is 57.1 Å². The minimum atomic E-state index is -1.66. The molecule has 55 heavy (non-hydrogen) atoms. The zero-order valence-electron chi connectivity index (χ0n) is 32.8. The van der Waals surface area contributed by atoms with Crippen molar-refractivity contribution in [3.63, 3.8) is 0 Å². The van der Waals surface area contributed by atoms with Crippen LogP contribution in [0, 0.1) is 11.6 Å². The van der Waals surface area contributed by atoms with Crippen LogP contribution < -0.4 is 5.32 Å². The van der Waals surface area contributed by atoms with Gasteiger partial charge in [0.05, 0.1) is 31.5 Å². The van der Waals surface area contributed by atoms with E-state index in [9.17, 15) is 54.4 Å². The Hall–Kier alpha value is -1.85. The first-order chi connectivity index (χ1) is 26.4. The molecule has 0 spiro atoms. The lowest BCUT2D eigenvalue weighted by atomic mass is 9.98. The predicted octanol–water partition coefficient (Wildman–Crippen LogP) is 4.59. The van der Waals surface area contributed by atoms with Crippen LogP contribution in [0.1, 0.15) is 153 Å². The molecule has 1 aromatic rings. The molecule has 0 aliphatic carbocycles. The number of aliphatic hydroxyl groups excluding tert-OH is 8. The van der Waals surface area contributed by atoms with Gasteiger partial charge in [0, 0.05) is 6.42 Å². The van der Waals surface area contributed by atoms with Gasteiger partial charge in [0.25, 0.3) is 0 Å². The van der Waals surface area contributed by atoms with Crippen LogP contribution in [0.15, 0.2) is 18.2 Å². The molecule has 1 amide bonds. The maximum absolute atomic E-state index is 13.5. The lowest BCUT2D eigenvalue weighted by molar-refractivity contribution is -0.303. The highest BCUT2D eigenvalue weighted by Gasteiger charge is 2.44. The standard InChI is InChI=1S/C41H71F2NO11/c1-2-3-4-5-6-7-8-9-10-11-14-18-21-33(47)37(50)31(27-54-41-40(53)39(52)38(51)34(26-45)55-41)44-35(48)22-19-16-13-12-15-17-20-32(46)36(49)28-23-24-29(42)30(43)25-28/h23-25,31-34,36-41,45-47,49-53H,2-22,26-27H2,1H3,(H,44,48)/t31-,32?,33+,34+,36?,37-,38-,39-,40+,41-/m0/s1. The van der Waals surface area contributed by atoms with E-state index < -0.39 is 79.4 Å². The summed E-state index contributed by atoms with van der Waals surface area (Å²) in [4.78, 5) is 13.0. The number of aliphatic hydroxyl groups is 8. The van der Waals surface area contributed by atoms with E-state index in [2.05, 4.69) is 12.2 Å². The molecule has 1 aromatic carbocycles. The van der Waals surface area contributed by atoms with Gasteiger partial charge in [0.1, 0.15) is 36.6 Å². The number of hydrogen-bond donors (Lipinski definition) is 9. The highest BCUT2D eigenvalue weighted by molar-refractivity contribution is 5.76. The predicted molar refractivity (Wildman–Crippen MR) is 204 cm³/mol. The largest absolute Gasteiger partial charge is 0.394 e. The Balaban J connectivity index is 1.76. The van der Waals surface area contributed by atoms with Crippen molar-refractivity contribution in [1.29, 1.82) is 0 Å². The van der Waals surface area contributed by atoms with Gasteiger partial charge in [0.15, 0.2) is 17.9 Å². The minimum Gasteiger partial charge on any atom is -0.394 e. The summed E-state index contributed by atoms with van der Waals surface area (Å²) in [6, 6.07) is 1.94. The zero-order chi connectivity index (χ0) is 40.6. The van der Waals surface area contributed by atoms with Gasteiger partial charge in [-0.25, -0.2) is 8.78 Å². The summed E-state index contributed by atoms with van der Waals surface area (Å²) in [6.07, 6.45) is 6.30. The Morgan fingerprint density at radius 1 is 0.727 bits per heavy atom. The monoisotopic (exact) mass is 791 g/mol. The molecule has 12 nitrogen and oxygen atoms in total. The van der Waals surface area contributed by atoms with Gasteiger partial charge in [-0.1, -0.05) is 122 Å². The summed E-state index contributed by atoms with van der Waals surface area (Å²) in [5.74, 6) is -2.50. The van der Waals surface area contributed by atoms with Crippen LogP contribution in [0.4, 0.5) is 8.78 Å². The second-order valence-electron chi connectivity index (χ2n) is 15.3. The number of carbonyl (C=O) groups excluding carboxylic acids is 1. The summed E-state index contributed by atoms with van der Waals surface area (Å²) >= 11 is 0. The number of carbonyl (C=O) groups is 1. The van der Waals surface area contributed by atoms with E-state index >= 15 is 0 Å². The molecular formula is C41H71F2NO11. The number of hydrogen-bond acceptors (Lipinski definition) is 11. The number of rotatable bonds is 31. The quantitative estimate of drug-likeness (QED) is 0.0475. The van der Waals surface area contributed by atoms with Crippen LogP contribution in [-0.2, 0) is 14.3 Å². The molecule has 14 heteroatoms. The van der Waals surface area contributed by atoms with E-state index in [1.807, 2.05) is 0 Å². The average Bonchev–Trinajstić information content (AvgIpc) is 3.17. The van der Waals surface area contributed by atoms with Gasteiger partial charge >= 0.3 is 0 Å². The van der Waals surface area contributed by atoms with Crippen molar-refractivity contribution in [3.05, 3.63) is 35.4 Å². The van der Waals surface area contributed by atoms with Crippen LogP contribution >= 0.6 is 0 Å². The first-order valence-electron chi connectivity index (χ1n) is 20.8. The van der Waals surface area contributed by atoms with Crippen molar-refractivity contribution in [2.45, 2.75) is 203 Å². The van der Waals surface area contributed by atoms with Crippen molar-refractivity contribution in [3.8, 4) is 0 Å². The molecule has 10 atom stereocenters. The van der Waals surface area contributed by atoms with Gasteiger partial charge in [-0.3, -0.25) is 4.79 Å². The van der Waals surface area contributed by atoms with E-state index in [1.165, 1.54) is 57.4 Å². The van der Waals surface area contributed by atoms with Crippen LogP contribution in [-0.4, -0.2) is 115 Å². The second-order valence-corrected chi connectivity index (χ2v) is 15.3. The normalized spacial score (nSPS) is 22.9. The summed E-state index contributed by atoms with van der Waals surface area (Å²) in [5.41, 5.74) is 0.106. The van der Waals surface area contributed by atoms with Gasteiger partial charge in [-0.2, -0.15) is 0 Å². The number of amides is 1. The molecule has 2 unspecified atom stereocenters. The lowest BCUT2D eigenvalue weighted by Crippen LogP contribution is -2.60. The average molecular weight is 792 g/mol. The lowest BCUT2D eigenvalue weighted by Gasteiger charge is -2.40. The van der Waals surface area contributed by atoms with Gasteiger partial charge in [-0.15, -0.1) is 0 Å². The van der Waals surface area contributed by atoms with Crippen molar-refractivity contribution in [2.75, 3.05) is 13.2 Å². The third kappa shape index (κ3) is 19.0. The van der Waals surface area contributed by atoms with Crippen molar-refractivity contribution < 1.29 is 63.9 Å². The summed E-state index contributed by atoms with van der Waals surface area (Å²) in [6.45, 7) is 1.19. The number of nitrogens with one attached hydrogen (secondary N) is 1. The fourth-order valence-electron chi connectivity index (χ4n) is 6.96. The molecule has 1 saturated heterocycles. The maximum atomic E-state index is 13.5. The van der Waals surface area contributed by atoms with E-state index in [-0.39, 0.29) is 30.9 Å². The Bertz CT molecular complexity index is 1150. The summed E-state index contributed by atoms with van der Waals surface area (Å²) in [7, 11) is 0. The van der Waals surface area contributed by atoms with Gasteiger partial charge in [-0.05, 0) is 37.0 Å². The molecule has 320 valence electrons. The van der Waals surface area contributed by atoms with Gasteiger partial charge in [0.2, 0.25) is 5.91 Å². The highest BCUT2D eigenvalue weighted by Crippen LogP contribution is 2.24. The van der Waals surface area contributed by atoms with Crippen LogP contribution in [0.3, 0.4) is 0 Å². The molecule has 0 radical (unpaired) electrons. The Labute approximate surface area is 326 Å². The second kappa shape index (κ2) is 28.5. The minimum absolute atomic E-state index is 0.106. The van der Waals surface area contributed by atoms with Crippen molar-refractivity contribution in [1.82, 2.24) is 5.32 Å². The highest BCUT2D eigenvalue weighted by atomic mass is 19.2. The van der Waals surface area contributed by atoms with Crippen LogP contribution in [0.25, 0.3) is 0 Å². The molecule has 1 aliphatic rings. The summed E-state index contributed by atoms with van der Waals surface area (Å²) < 4.78 is 37.7. The maximum Gasteiger partial charge on any atom is 0.220 e. The van der Waals surface area contributed by atoms with E-state index in [1.54, 1.807) is 0 Å². The first-order valence-corrected chi connectivity index (χ1v) is 20.8. The number of benzene rings is 1.